The molecule has 0 bridgehead atoms. The lowest BCUT2D eigenvalue weighted by molar-refractivity contribution is -0.392. The van der Waals surface area contributed by atoms with Crippen LogP contribution in [0, 0.1) is 15.9 Å². The molecule has 0 unspecified atom stereocenters. The van der Waals surface area contributed by atoms with Crippen molar-refractivity contribution in [1.29, 1.82) is 0 Å². The maximum Gasteiger partial charge on any atom is 0.400 e. The second kappa shape index (κ2) is 3.79. The van der Waals surface area contributed by atoms with Gasteiger partial charge in [0.25, 0.3) is 6.43 Å². The molecule has 0 fully saturated rings. The molecule has 14 heavy (non-hydrogen) atoms. The van der Waals surface area contributed by atoms with Gasteiger partial charge in [-0.3, -0.25) is 0 Å². The monoisotopic (exact) mass is 226 g/mol. The molecule has 0 amide bonds. The second-order valence-electron chi connectivity index (χ2n) is 2.22. The van der Waals surface area contributed by atoms with E-state index in [1.807, 2.05) is 0 Å². The van der Waals surface area contributed by atoms with Crippen molar-refractivity contribution in [3.05, 3.63) is 32.7 Å². The molecule has 0 aliphatic rings. The van der Waals surface area contributed by atoms with Crippen molar-refractivity contribution in [2.45, 2.75) is 6.43 Å². The van der Waals surface area contributed by atoms with Gasteiger partial charge in [-0.25, -0.2) is 8.78 Å². The zero-order valence-corrected chi connectivity index (χ0v) is 7.13. The fourth-order valence-electron chi connectivity index (χ4n) is 0.797. The summed E-state index contributed by atoms with van der Waals surface area (Å²) in [5.41, 5.74) is -1.20. The summed E-state index contributed by atoms with van der Waals surface area (Å²) >= 11 is 5.20. The molecule has 0 saturated carbocycles. The molecule has 1 aromatic heterocycles. The van der Waals surface area contributed by atoms with Crippen LogP contribution in [0.3, 0.4) is 0 Å². The molecule has 0 atom stereocenters. The molecule has 0 N–H and O–H groups in total. The highest BCUT2D eigenvalue weighted by Crippen LogP contribution is 2.32. The summed E-state index contributed by atoms with van der Waals surface area (Å²) in [4.78, 5) is 11.9. The molecule has 0 aliphatic heterocycles. The van der Waals surface area contributed by atoms with Crippen molar-refractivity contribution in [3.8, 4) is 0 Å². The molecule has 0 radical (unpaired) electrons. The van der Waals surface area contributed by atoms with Crippen molar-refractivity contribution >= 4 is 17.4 Å². The Morgan fingerprint density at radius 1 is 1.57 bits per heavy atom. The normalized spacial score (nSPS) is 10.6. The number of pyridine rings is 1. The zero-order chi connectivity index (χ0) is 10.9. The van der Waals surface area contributed by atoms with Gasteiger partial charge in [-0.15, -0.1) is 0 Å². The third-order valence-electron chi connectivity index (χ3n) is 1.38. The summed E-state index contributed by atoms with van der Waals surface area (Å²) in [5, 5.41) is 9.49. The Hall–Kier alpha value is -1.37. The molecule has 0 aliphatic carbocycles. The first-order valence-corrected chi connectivity index (χ1v) is 3.59. The highest BCUT2D eigenvalue weighted by atomic mass is 35.5. The summed E-state index contributed by atoms with van der Waals surface area (Å²) < 4.78 is 37.3. The second-order valence-corrected chi connectivity index (χ2v) is 2.62. The summed E-state index contributed by atoms with van der Waals surface area (Å²) in [6.07, 6.45) is -2.60. The molecule has 0 spiro atoms. The number of aromatic nitrogens is 1. The van der Waals surface area contributed by atoms with Crippen molar-refractivity contribution < 1.29 is 18.1 Å². The number of halogens is 4. The molecule has 4 nitrogen and oxygen atoms in total. The van der Waals surface area contributed by atoms with E-state index in [-0.39, 0.29) is 0 Å². The van der Waals surface area contributed by atoms with Crippen LogP contribution in [0.15, 0.2) is 6.20 Å². The molecule has 76 valence electrons. The molecule has 0 aromatic carbocycles. The maximum absolute atomic E-state index is 13.0. The topological polar surface area (TPSA) is 56.0 Å². The van der Waals surface area contributed by atoms with Crippen molar-refractivity contribution in [1.82, 2.24) is 4.98 Å². The SMILES string of the molecule is O=[N+]([O-])c1ncc(Cl)c(C(F)F)c1F. The number of rotatable bonds is 2. The van der Waals surface area contributed by atoms with Gasteiger partial charge in [0.05, 0.1) is 10.6 Å². The van der Waals surface area contributed by atoms with Crippen LogP contribution in [-0.4, -0.2) is 9.91 Å². The van der Waals surface area contributed by atoms with Crippen LogP contribution < -0.4 is 0 Å². The van der Waals surface area contributed by atoms with Crippen LogP contribution in [0.5, 0.6) is 0 Å². The zero-order valence-electron chi connectivity index (χ0n) is 6.38. The van der Waals surface area contributed by atoms with Gasteiger partial charge in [-0.1, -0.05) is 11.6 Å². The Labute approximate surface area is 80.5 Å². The summed E-state index contributed by atoms with van der Waals surface area (Å²) in [6.45, 7) is 0. The summed E-state index contributed by atoms with van der Waals surface area (Å²) in [6, 6.07) is 0. The Morgan fingerprint density at radius 3 is 2.57 bits per heavy atom. The lowest BCUT2D eigenvalue weighted by Crippen LogP contribution is -2.01. The van der Waals surface area contributed by atoms with E-state index in [0.29, 0.717) is 6.20 Å². The van der Waals surface area contributed by atoms with Crippen LogP contribution in [0.25, 0.3) is 0 Å². The molecule has 0 saturated heterocycles. The first-order valence-electron chi connectivity index (χ1n) is 3.21. The molecular formula is C6H2ClF3N2O2. The van der Waals surface area contributed by atoms with Crippen LogP contribution in [0.4, 0.5) is 19.0 Å². The van der Waals surface area contributed by atoms with Crippen LogP contribution in [0.2, 0.25) is 5.02 Å². The van der Waals surface area contributed by atoms with Gasteiger partial charge in [0.15, 0.2) is 6.20 Å². The number of alkyl halides is 2. The molecule has 1 aromatic rings. The fourth-order valence-corrected chi connectivity index (χ4v) is 1.01. The van der Waals surface area contributed by atoms with Gasteiger partial charge in [0.1, 0.15) is 0 Å². The van der Waals surface area contributed by atoms with E-state index >= 15 is 0 Å². The Balaban J connectivity index is 3.41. The van der Waals surface area contributed by atoms with E-state index in [4.69, 9.17) is 11.6 Å². The smallest absolute Gasteiger partial charge is 0.358 e. The standard InChI is InChI=1S/C6H2ClF3N2O2/c7-2-1-11-6(12(13)14)4(8)3(2)5(9)10/h1,5H. The Kier molecular flexibility index (Phi) is 2.90. The molecular weight excluding hydrogens is 225 g/mol. The van der Waals surface area contributed by atoms with Gasteiger partial charge in [0, 0.05) is 0 Å². The lowest BCUT2D eigenvalue weighted by Gasteiger charge is -2.02. The molecule has 8 heteroatoms. The highest BCUT2D eigenvalue weighted by molar-refractivity contribution is 6.31. The average molecular weight is 227 g/mol. The first-order chi connectivity index (χ1) is 6.45. The van der Waals surface area contributed by atoms with Gasteiger partial charge in [0.2, 0.25) is 5.82 Å². The van der Waals surface area contributed by atoms with Gasteiger partial charge in [-0.2, -0.15) is 4.39 Å². The highest BCUT2D eigenvalue weighted by Gasteiger charge is 2.27. The van der Waals surface area contributed by atoms with Gasteiger partial charge >= 0.3 is 5.82 Å². The molecule has 1 heterocycles. The maximum atomic E-state index is 13.0. The number of nitrogens with zero attached hydrogens (tertiary/aromatic N) is 2. The van der Waals surface area contributed by atoms with E-state index in [1.54, 1.807) is 0 Å². The van der Waals surface area contributed by atoms with Crippen molar-refractivity contribution in [2.24, 2.45) is 0 Å². The third kappa shape index (κ3) is 1.77. The van der Waals surface area contributed by atoms with Crippen LogP contribution in [-0.2, 0) is 0 Å². The summed E-state index contributed by atoms with van der Waals surface area (Å²) in [5.74, 6) is -2.96. The number of hydrogen-bond acceptors (Lipinski definition) is 3. The Bertz CT molecular complexity index is 386. The number of nitro groups is 1. The van der Waals surface area contributed by atoms with Crippen molar-refractivity contribution in [3.63, 3.8) is 0 Å². The first kappa shape index (κ1) is 10.7. The molecule has 1 rings (SSSR count). The van der Waals surface area contributed by atoms with E-state index in [2.05, 4.69) is 4.98 Å². The average Bonchev–Trinajstić information content (AvgIpc) is 2.02. The predicted molar refractivity (Wildman–Crippen MR) is 40.8 cm³/mol. The minimum atomic E-state index is -3.22. The van der Waals surface area contributed by atoms with Crippen LogP contribution in [0.1, 0.15) is 12.0 Å². The number of hydrogen-bond donors (Lipinski definition) is 0. The van der Waals surface area contributed by atoms with E-state index in [0.717, 1.165) is 0 Å². The lowest BCUT2D eigenvalue weighted by atomic mass is 10.2. The van der Waals surface area contributed by atoms with E-state index in [9.17, 15) is 23.3 Å². The van der Waals surface area contributed by atoms with Gasteiger partial charge in [-0.05, 0) is 9.91 Å². The fraction of sp³-hybridized carbons (Fsp3) is 0.167. The third-order valence-corrected chi connectivity index (χ3v) is 1.68. The minimum Gasteiger partial charge on any atom is -0.358 e. The van der Waals surface area contributed by atoms with Gasteiger partial charge < -0.3 is 10.1 Å². The van der Waals surface area contributed by atoms with Crippen molar-refractivity contribution in [2.75, 3.05) is 0 Å². The minimum absolute atomic E-state index is 0.615. The predicted octanol–water partition coefficient (Wildman–Crippen LogP) is 2.72. The largest absolute Gasteiger partial charge is 0.400 e. The Morgan fingerprint density at radius 2 is 2.14 bits per heavy atom. The quantitative estimate of drug-likeness (QED) is 0.575. The summed E-state index contributed by atoms with van der Waals surface area (Å²) in [7, 11) is 0. The van der Waals surface area contributed by atoms with Crippen LogP contribution >= 0.6 is 11.6 Å². The van der Waals surface area contributed by atoms with E-state index < -0.39 is 33.6 Å². The van der Waals surface area contributed by atoms with E-state index in [1.165, 1.54) is 0 Å².